The van der Waals surface area contributed by atoms with E-state index >= 15 is 0 Å². The van der Waals surface area contributed by atoms with Gasteiger partial charge in [-0.1, -0.05) is 67.2 Å². The van der Waals surface area contributed by atoms with Gasteiger partial charge >= 0.3 is 5.97 Å². The van der Waals surface area contributed by atoms with Gasteiger partial charge in [0.1, 0.15) is 11.2 Å². The van der Waals surface area contributed by atoms with Crippen molar-refractivity contribution in [1.29, 1.82) is 0 Å². The van der Waals surface area contributed by atoms with E-state index in [1.807, 2.05) is 69.5 Å². The number of carbonyl (C=O) groups excluding carboxylic acids is 1. The van der Waals surface area contributed by atoms with Crippen LogP contribution in [0.25, 0.3) is 16.8 Å². The Bertz CT molecular complexity index is 1440. The number of esters is 1. The number of rotatable bonds is 6. The van der Waals surface area contributed by atoms with Crippen LogP contribution in [0.4, 0.5) is 0 Å². The van der Waals surface area contributed by atoms with Crippen molar-refractivity contribution >= 4 is 40.0 Å². The van der Waals surface area contributed by atoms with Crippen LogP contribution in [0.15, 0.2) is 66.9 Å². The van der Waals surface area contributed by atoms with E-state index in [0.717, 1.165) is 45.7 Å². The molecule has 0 bridgehead atoms. The lowest BCUT2D eigenvalue weighted by molar-refractivity contribution is 0.00704. The number of carbonyl (C=O) groups is 1. The van der Waals surface area contributed by atoms with Gasteiger partial charge in [-0.3, -0.25) is 4.40 Å². The summed E-state index contributed by atoms with van der Waals surface area (Å²) in [7, 11) is 0. The molecule has 0 N–H and O–H groups in total. The number of imidazole rings is 1. The number of nitrogens with zero attached hydrogens (tertiary/aromatic N) is 2. The van der Waals surface area contributed by atoms with Crippen molar-refractivity contribution in [3.05, 3.63) is 94.9 Å². The fourth-order valence-electron chi connectivity index (χ4n) is 4.18. The summed E-state index contributed by atoms with van der Waals surface area (Å²) in [4.78, 5) is 17.7. The lowest BCUT2D eigenvalue weighted by Crippen LogP contribution is -2.24. The van der Waals surface area contributed by atoms with Crippen LogP contribution in [-0.2, 0) is 15.9 Å². The number of benzene rings is 2. The van der Waals surface area contributed by atoms with Gasteiger partial charge in [0.15, 0.2) is 6.10 Å². The first-order valence-corrected chi connectivity index (χ1v) is 13.9. The Morgan fingerprint density at radius 3 is 2.43 bits per heavy atom. The summed E-state index contributed by atoms with van der Waals surface area (Å²) >= 11 is 6.87. The highest BCUT2D eigenvalue weighted by Crippen LogP contribution is 2.32. The van der Waals surface area contributed by atoms with E-state index in [0.29, 0.717) is 9.95 Å². The SMILES string of the molecule is CCc1cn2c(C(OC(=S)SC)c3ccc(-c4ccccc4C(=O)OC(C)(C)C)cc3)ccc(C)c2n1. The molecule has 37 heavy (non-hydrogen) atoms. The molecule has 0 saturated carbocycles. The van der Waals surface area contributed by atoms with Crippen LogP contribution < -0.4 is 0 Å². The van der Waals surface area contributed by atoms with E-state index in [-0.39, 0.29) is 5.97 Å². The highest BCUT2D eigenvalue weighted by Gasteiger charge is 2.23. The first-order chi connectivity index (χ1) is 17.6. The summed E-state index contributed by atoms with van der Waals surface area (Å²) in [6, 6.07) is 19.7. The normalized spacial score (nSPS) is 12.4. The molecule has 5 nitrogen and oxygen atoms in total. The van der Waals surface area contributed by atoms with Gasteiger partial charge in [0.25, 0.3) is 0 Å². The average molecular weight is 533 g/mol. The molecule has 0 amide bonds. The Morgan fingerprint density at radius 2 is 1.78 bits per heavy atom. The van der Waals surface area contributed by atoms with Gasteiger partial charge in [0, 0.05) is 6.20 Å². The van der Waals surface area contributed by atoms with E-state index in [9.17, 15) is 4.79 Å². The van der Waals surface area contributed by atoms with Gasteiger partial charge < -0.3 is 9.47 Å². The average Bonchev–Trinajstić information content (AvgIpc) is 3.32. The van der Waals surface area contributed by atoms with Gasteiger partial charge in [0.2, 0.25) is 4.38 Å². The minimum atomic E-state index is -0.571. The first kappa shape index (κ1) is 26.9. The van der Waals surface area contributed by atoms with Crippen LogP contribution in [0, 0.1) is 6.92 Å². The summed E-state index contributed by atoms with van der Waals surface area (Å²) in [5.74, 6) is -0.340. The monoisotopic (exact) mass is 532 g/mol. The summed E-state index contributed by atoms with van der Waals surface area (Å²) in [6.45, 7) is 9.76. The molecule has 2 aromatic carbocycles. The summed E-state index contributed by atoms with van der Waals surface area (Å²) in [5.41, 5.74) is 6.64. The van der Waals surface area contributed by atoms with E-state index < -0.39 is 11.7 Å². The predicted molar refractivity (Wildman–Crippen MR) is 155 cm³/mol. The molecule has 1 unspecified atom stereocenters. The van der Waals surface area contributed by atoms with E-state index in [1.54, 1.807) is 6.07 Å². The molecule has 0 fully saturated rings. The van der Waals surface area contributed by atoms with E-state index in [1.165, 1.54) is 11.8 Å². The summed E-state index contributed by atoms with van der Waals surface area (Å²) in [6.07, 6.45) is 4.41. The number of fused-ring (bicyclic) bond motifs is 1. The third-order valence-electron chi connectivity index (χ3n) is 5.97. The number of aryl methyl sites for hydroxylation is 2. The molecule has 0 aliphatic carbocycles. The second-order valence-corrected chi connectivity index (χ2v) is 11.3. The molecular formula is C30H32N2O3S2. The van der Waals surface area contributed by atoms with Crippen molar-refractivity contribution in [3.8, 4) is 11.1 Å². The smallest absolute Gasteiger partial charge is 0.339 e. The van der Waals surface area contributed by atoms with Crippen molar-refractivity contribution in [3.63, 3.8) is 0 Å². The zero-order chi connectivity index (χ0) is 26.7. The predicted octanol–water partition coefficient (Wildman–Crippen LogP) is 7.58. The van der Waals surface area contributed by atoms with Crippen molar-refractivity contribution < 1.29 is 14.3 Å². The van der Waals surface area contributed by atoms with Crippen LogP contribution in [0.2, 0.25) is 0 Å². The zero-order valence-corrected chi connectivity index (χ0v) is 23.7. The van der Waals surface area contributed by atoms with Crippen LogP contribution in [0.3, 0.4) is 0 Å². The molecule has 2 heterocycles. The Labute approximate surface area is 228 Å². The Kier molecular flexibility index (Phi) is 8.05. The minimum Gasteiger partial charge on any atom is -0.464 e. The van der Waals surface area contributed by atoms with Crippen molar-refractivity contribution in [2.24, 2.45) is 0 Å². The molecule has 192 valence electrons. The highest BCUT2D eigenvalue weighted by atomic mass is 32.2. The van der Waals surface area contributed by atoms with Gasteiger partial charge in [-0.15, -0.1) is 0 Å². The lowest BCUT2D eigenvalue weighted by atomic mass is 9.96. The standard InChI is InChI=1S/C30H32N2O3S2/c1-7-22-18-32-25(17-12-19(2)27(32)31-22)26(34-29(36)37-6)21-15-13-20(14-16-21)23-10-8-9-11-24(23)28(33)35-30(3,4)5/h8-18,26H,7H2,1-6H3. The summed E-state index contributed by atoms with van der Waals surface area (Å²) < 4.78 is 14.5. The van der Waals surface area contributed by atoms with Gasteiger partial charge in [-0.25, -0.2) is 9.78 Å². The number of thioether (sulfide) groups is 1. The van der Waals surface area contributed by atoms with Crippen LogP contribution in [0.5, 0.6) is 0 Å². The van der Waals surface area contributed by atoms with Gasteiger partial charge in [-0.05, 0) is 87.0 Å². The fraction of sp³-hybridized carbons (Fsp3) is 0.300. The van der Waals surface area contributed by atoms with Crippen molar-refractivity contribution in [1.82, 2.24) is 9.38 Å². The third-order valence-corrected chi connectivity index (χ3v) is 7.00. The number of thiocarbonyl (C=S) groups is 1. The number of ether oxygens (including phenoxy) is 2. The van der Waals surface area contributed by atoms with Crippen LogP contribution in [-0.4, -0.2) is 31.6 Å². The van der Waals surface area contributed by atoms with Crippen LogP contribution in [0.1, 0.15) is 66.7 Å². The molecule has 4 aromatic rings. The second-order valence-electron chi connectivity index (χ2n) is 9.84. The molecule has 0 aliphatic rings. The molecule has 4 rings (SSSR count). The molecule has 0 radical (unpaired) electrons. The molecular weight excluding hydrogens is 500 g/mol. The minimum absolute atomic E-state index is 0.340. The Morgan fingerprint density at radius 1 is 1.08 bits per heavy atom. The van der Waals surface area contributed by atoms with Gasteiger partial charge in [0.05, 0.1) is 17.0 Å². The van der Waals surface area contributed by atoms with E-state index in [4.69, 9.17) is 26.7 Å². The fourth-order valence-corrected chi connectivity index (χ4v) is 4.47. The maximum absolute atomic E-state index is 12.9. The molecule has 7 heteroatoms. The highest BCUT2D eigenvalue weighted by molar-refractivity contribution is 8.22. The van der Waals surface area contributed by atoms with Crippen molar-refractivity contribution in [2.45, 2.75) is 52.7 Å². The van der Waals surface area contributed by atoms with Crippen molar-refractivity contribution in [2.75, 3.05) is 6.26 Å². The molecule has 0 spiro atoms. The largest absolute Gasteiger partial charge is 0.464 e. The Hall–Kier alpha value is -3.16. The Balaban J connectivity index is 1.76. The maximum atomic E-state index is 12.9. The molecule has 0 aliphatic heterocycles. The topological polar surface area (TPSA) is 52.8 Å². The third kappa shape index (κ3) is 6.05. The number of aromatic nitrogens is 2. The molecule has 1 atom stereocenters. The number of hydrogen-bond donors (Lipinski definition) is 0. The quantitative estimate of drug-likeness (QED) is 0.188. The first-order valence-electron chi connectivity index (χ1n) is 12.3. The zero-order valence-electron chi connectivity index (χ0n) is 22.1. The lowest BCUT2D eigenvalue weighted by Gasteiger charge is -2.22. The number of pyridine rings is 1. The van der Waals surface area contributed by atoms with E-state index in [2.05, 4.69) is 36.6 Å². The maximum Gasteiger partial charge on any atom is 0.339 e. The molecule has 2 aromatic heterocycles. The second kappa shape index (κ2) is 11.1. The van der Waals surface area contributed by atoms with Crippen LogP contribution >= 0.6 is 24.0 Å². The number of hydrogen-bond acceptors (Lipinski definition) is 6. The molecule has 0 saturated heterocycles. The van der Waals surface area contributed by atoms with Gasteiger partial charge in [-0.2, -0.15) is 0 Å². The summed E-state index contributed by atoms with van der Waals surface area (Å²) in [5, 5.41) is 0.